The van der Waals surface area contributed by atoms with Gasteiger partial charge in [-0.3, -0.25) is 4.55 Å². The van der Waals surface area contributed by atoms with Gasteiger partial charge in [-0.25, -0.2) is 4.89 Å². The van der Waals surface area contributed by atoms with Crippen LogP contribution in [0.2, 0.25) is 0 Å². The average Bonchev–Trinajstić information content (AvgIpc) is 1.84. The lowest BCUT2D eigenvalue weighted by molar-refractivity contribution is -0.203. The Morgan fingerprint density at radius 2 is 1.67 bits per heavy atom. The van der Waals surface area contributed by atoms with E-state index in [9.17, 15) is 8.42 Å². The van der Waals surface area contributed by atoms with E-state index in [0.29, 0.717) is 0 Å². The molecular weight excluding hydrogens is 190 g/mol. The molecule has 0 saturated carbocycles. The fraction of sp³-hybridized carbons (Fsp3) is 1.00. The summed E-state index contributed by atoms with van der Waals surface area (Å²) < 4.78 is 30.4. The van der Waals surface area contributed by atoms with Gasteiger partial charge >= 0.3 is 10.4 Å². The average molecular weight is 205 g/mol. The molecule has 8 heteroatoms. The van der Waals surface area contributed by atoms with Crippen LogP contribution in [0.25, 0.3) is 0 Å². The Kier molecular flexibility index (Phi) is 15.9. The largest absolute Gasteiger partial charge is 0.424 e. The van der Waals surface area contributed by atoms with Crippen LogP contribution in [0.5, 0.6) is 0 Å². The highest BCUT2D eigenvalue weighted by Gasteiger charge is 2.02. The quantitative estimate of drug-likeness (QED) is 0.334. The maximum Gasteiger partial charge on any atom is 0.424 e. The van der Waals surface area contributed by atoms with Crippen molar-refractivity contribution in [2.75, 3.05) is 13.2 Å². The lowest BCUT2D eigenvalue weighted by Crippen LogP contribution is -2.03. The Morgan fingerprint density at radius 3 is 1.75 bits per heavy atom. The summed E-state index contributed by atoms with van der Waals surface area (Å²) in [6, 6.07) is 0. The van der Waals surface area contributed by atoms with Crippen LogP contribution >= 0.6 is 0 Å². The molecule has 0 aliphatic heterocycles. The zero-order chi connectivity index (χ0) is 9.33. The molecule has 0 rings (SSSR count). The minimum absolute atomic E-state index is 0. The van der Waals surface area contributed by atoms with Crippen LogP contribution in [0.4, 0.5) is 0 Å². The molecule has 0 amide bonds. The van der Waals surface area contributed by atoms with Crippen molar-refractivity contribution in [3.8, 4) is 0 Å². The molecule has 0 saturated heterocycles. The fourth-order valence-corrected chi connectivity index (χ4v) is 0.327. The molecule has 0 aliphatic carbocycles. The van der Waals surface area contributed by atoms with Crippen LogP contribution in [0.15, 0.2) is 0 Å². The van der Waals surface area contributed by atoms with Gasteiger partial charge in [-0.05, 0) is 13.8 Å². The van der Waals surface area contributed by atoms with Crippen LogP contribution in [-0.4, -0.2) is 31.3 Å². The normalized spacial score (nSPS) is 9.33. The first-order chi connectivity index (χ1) is 4.97. The van der Waals surface area contributed by atoms with E-state index in [2.05, 4.69) is 9.22 Å². The third-order valence-electron chi connectivity index (χ3n) is 0.252. The standard InChI is InChI=1S/C2H6O5S.C2H6O.H3N/c1-2-6-7-8(3,4)5;1-2-3;/h2H2,1H3,(H,3,4,5);3H,2H2,1H3;1H3. The molecule has 0 bridgehead atoms. The molecule has 0 heterocycles. The fourth-order valence-electron chi connectivity index (χ4n) is 0.109. The Morgan fingerprint density at radius 1 is 1.33 bits per heavy atom. The van der Waals surface area contributed by atoms with E-state index in [4.69, 9.17) is 9.66 Å². The second-order valence-electron chi connectivity index (χ2n) is 1.22. The molecule has 0 spiro atoms. The second-order valence-corrected chi connectivity index (χ2v) is 2.21. The highest BCUT2D eigenvalue weighted by atomic mass is 32.3. The van der Waals surface area contributed by atoms with E-state index in [1.165, 1.54) is 6.92 Å². The number of hydrogen-bond donors (Lipinski definition) is 3. The molecular formula is C4H15NO6S. The minimum atomic E-state index is -4.41. The van der Waals surface area contributed by atoms with Crippen LogP contribution in [0.3, 0.4) is 0 Å². The molecule has 0 radical (unpaired) electrons. The van der Waals surface area contributed by atoms with Gasteiger partial charge in [0.15, 0.2) is 0 Å². The molecule has 0 atom stereocenters. The van der Waals surface area contributed by atoms with Gasteiger partial charge in [-0.15, -0.1) is 0 Å². The van der Waals surface area contributed by atoms with Gasteiger partial charge < -0.3 is 11.3 Å². The third-order valence-corrected chi connectivity index (χ3v) is 0.520. The van der Waals surface area contributed by atoms with Gasteiger partial charge in [-0.2, -0.15) is 8.42 Å². The Bertz CT molecular complexity index is 155. The summed E-state index contributed by atoms with van der Waals surface area (Å²) in [6.45, 7) is 3.52. The summed E-state index contributed by atoms with van der Waals surface area (Å²) in [5.41, 5.74) is 0. The van der Waals surface area contributed by atoms with Gasteiger partial charge in [-0.1, -0.05) is 4.33 Å². The zero-order valence-corrected chi connectivity index (χ0v) is 7.87. The summed E-state index contributed by atoms with van der Waals surface area (Å²) in [7, 11) is -4.41. The maximum atomic E-state index is 9.60. The highest BCUT2D eigenvalue weighted by molar-refractivity contribution is 7.80. The molecule has 5 N–H and O–H groups in total. The lowest BCUT2D eigenvalue weighted by Gasteiger charge is -1.92. The minimum Gasteiger partial charge on any atom is -0.397 e. The lowest BCUT2D eigenvalue weighted by atomic mass is 10.9. The van der Waals surface area contributed by atoms with Crippen LogP contribution in [0, 0.1) is 0 Å². The Balaban J connectivity index is -0.000000177. The van der Waals surface area contributed by atoms with Crippen molar-refractivity contribution >= 4 is 10.4 Å². The van der Waals surface area contributed by atoms with Gasteiger partial charge in [0.25, 0.3) is 0 Å². The highest BCUT2D eigenvalue weighted by Crippen LogP contribution is 1.85. The van der Waals surface area contributed by atoms with Gasteiger partial charge in [0, 0.05) is 6.61 Å². The molecule has 0 aromatic carbocycles. The summed E-state index contributed by atoms with van der Waals surface area (Å²) in [4.78, 5) is 3.86. The Labute approximate surface area is 71.8 Å². The topological polar surface area (TPSA) is 128 Å². The smallest absolute Gasteiger partial charge is 0.397 e. The summed E-state index contributed by atoms with van der Waals surface area (Å²) >= 11 is 0. The monoisotopic (exact) mass is 205 g/mol. The summed E-state index contributed by atoms with van der Waals surface area (Å²) in [5, 5.41) is 7.57. The van der Waals surface area contributed by atoms with Crippen molar-refractivity contribution in [1.29, 1.82) is 0 Å². The van der Waals surface area contributed by atoms with Crippen molar-refractivity contribution in [1.82, 2.24) is 6.15 Å². The van der Waals surface area contributed by atoms with Crippen molar-refractivity contribution in [2.24, 2.45) is 0 Å². The molecule has 0 fully saturated rings. The SMILES string of the molecule is CCO.CCOOS(=O)(=O)O.N. The first-order valence-electron chi connectivity index (χ1n) is 2.87. The van der Waals surface area contributed by atoms with Crippen molar-refractivity contribution in [3.05, 3.63) is 0 Å². The number of rotatable bonds is 3. The molecule has 0 unspecified atom stereocenters. The Hall–Kier alpha value is -0.250. The van der Waals surface area contributed by atoms with Crippen LogP contribution in [0.1, 0.15) is 13.8 Å². The first-order valence-corrected chi connectivity index (χ1v) is 4.23. The van der Waals surface area contributed by atoms with Crippen LogP contribution in [-0.2, 0) is 19.6 Å². The third kappa shape index (κ3) is 33.1. The van der Waals surface area contributed by atoms with Crippen molar-refractivity contribution in [2.45, 2.75) is 13.8 Å². The predicted molar refractivity (Wildman–Crippen MR) is 42.0 cm³/mol. The first kappa shape index (κ1) is 17.7. The summed E-state index contributed by atoms with van der Waals surface area (Å²) in [6.07, 6.45) is 0. The van der Waals surface area contributed by atoms with E-state index in [1.807, 2.05) is 0 Å². The molecule has 0 aromatic rings. The van der Waals surface area contributed by atoms with Crippen molar-refractivity contribution in [3.63, 3.8) is 0 Å². The van der Waals surface area contributed by atoms with Gasteiger partial charge in [0.2, 0.25) is 0 Å². The van der Waals surface area contributed by atoms with Gasteiger partial charge in [0.1, 0.15) is 0 Å². The van der Waals surface area contributed by atoms with E-state index >= 15 is 0 Å². The number of hydrogen-bond acceptors (Lipinski definition) is 6. The second kappa shape index (κ2) is 10.8. The summed E-state index contributed by atoms with van der Waals surface area (Å²) in [5.74, 6) is 0. The van der Waals surface area contributed by atoms with E-state index < -0.39 is 10.4 Å². The predicted octanol–water partition coefficient (Wildman–Crippen LogP) is -0.0821. The number of aliphatic hydroxyl groups is 1. The molecule has 0 aromatic heterocycles. The maximum absolute atomic E-state index is 9.60. The van der Waals surface area contributed by atoms with Crippen LogP contribution < -0.4 is 6.15 Å². The molecule has 12 heavy (non-hydrogen) atoms. The van der Waals surface area contributed by atoms with E-state index in [-0.39, 0.29) is 19.4 Å². The number of aliphatic hydroxyl groups excluding tert-OH is 1. The van der Waals surface area contributed by atoms with E-state index in [1.54, 1.807) is 6.92 Å². The molecule has 78 valence electrons. The zero-order valence-electron chi connectivity index (χ0n) is 7.06. The van der Waals surface area contributed by atoms with Gasteiger partial charge in [0.05, 0.1) is 6.61 Å². The molecule has 7 nitrogen and oxygen atoms in total. The van der Waals surface area contributed by atoms with Crippen molar-refractivity contribution < 1.29 is 27.3 Å². The van der Waals surface area contributed by atoms with E-state index in [0.717, 1.165) is 0 Å². The molecule has 0 aliphatic rings.